The molecule has 0 aliphatic rings. The van der Waals surface area contributed by atoms with Gasteiger partial charge < -0.3 is 14.8 Å². The fourth-order valence-electron chi connectivity index (χ4n) is 1.37. The van der Waals surface area contributed by atoms with Gasteiger partial charge in [-0.3, -0.25) is 4.79 Å². The first-order valence-corrected chi connectivity index (χ1v) is 7.19. The molecule has 110 valence electrons. The van der Waals surface area contributed by atoms with Gasteiger partial charge in [-0.25, -0.2) is 4.79 Å². The number of nitrogens with one attached hydrogen (secondary N) is 1. The zero-order valence-corrected chi connectivity index (χ0v) is 12.3. The summed E-state index contributed by atoms with van der Waals surface area (Å²) in [5, 5.41) is 4.68. The van der Waals surface area contributed by atoms with Crippen molar-refractivity contribution in [1.82, 2.24) is 5.32 Å². The number of thiophene rings is 1. The standard InChI is InChI=1S/C14H19NO4S/c1-3-8-18-11(2)14(17)19-10-13(16)15-7-6-12-5-4-9-20-12/h3-5,9,11H,1,6-8,10H2,2H3,(H,15,16). The van der Waals surface area contributed by atoms with Crippen molar-refractivity contribution in [3.05, 3.63) is 35.0 Å². The van der Waals surface area contributed by atoms with E-state index in [2.05, 4.69) is 11.9 Å². The lowest BCUT2D eigenvalue weighted by molar-refractivity contribution is -0.158. The number of carbonyl (C=O) groups excluding carboxylic acids is 2. The third-order valence-corrected chi connectivity index (χ3v) is 3.35. The molecule has 0 aromatic carbocycles. The van der Waals surface area contributed by atoms with Crippen molar-refractivity contribution in [2.75, 3.05) is 19.8 Å². The minimum absolute atomic E-state index is 0.267. The predicted octanol–water partition coefficient (Wildman–Crippen LogP) is 1.54. The van der Waals surface area contributed by atoms with Crippen LogP contribution in [0.1, 0.15) is 11.8 Å². The fourth-order valence-corrected chi connectivity index (χ4v) is 2.07. The number of hydrogen-bond acceptors (Lipinski definition) is 5. The molecule has 5 nitrogen and oxygen atoms in total. The second-order valence-electron chi connectivity index (χ2n) is 4.05. The Morgan fingerprint density at radius 1 is 1.55 bits per heavy atom. The molecule has 0 fully saturated rings. The summed E-state index contributed by atoms with van der Waals surface area (Å²) in [5.74, 6) is -0.869. The Bertz CT molecular complexity index is 430. The van der Waals surface area contributed by atoms with Crippen molar-refractivity contribution >= 4 is 23.2 Å². The van der Waals surface area contributed by atoms with E-state index < -0.39 is 12.1 Å². The van der Waals surface area contributed by atoms with Crippen LogP contribution in [0.3, 0.4) is 0 Å². The Morgan fingerprint density at radius 3 is 3.00 bits per heavy atom. The lowest BCUT2D eigenvalue weighted by Gasteiger charge is -2.11. The molecule has 1 aromatic heterocycles. The summed E-state index contributed by atoms with van der Waals surface area (Å²) >= 11 is 1.64. The summed E-state index contributed by atoms with van der Waals surface area (Å²) in [6.45, 7) is 5.56. The SMILES string of the molecule is C=CCOC(C)C(=O)OCC(=O)NCCc1cccs1. The Labute approximate surface area is 122 Å². The van der Waals surface area contributed by atoms with Crippen LogP contribution < -0.4 is 5.32 Å². The van der Waals surface area contributed by atoms with Crippen LogP contribution in [-0.2, 0) is 25.5 Å². The molecular weight excluding hydrogens is 278 g/mol. The van der Waals surface area contributed by atoms with Crippen LogP contribution in [-0.4, -0.2) is 37.7 Å². The minimum Gasteiger partial charge on any atom is -0.454 e. The molecule has 1 heterocycles. The zero-order valence-electron chi connectivity index (χ0n) is 11.5. The van der Waals surface area contributed by atoms with Crippen molar-refractivity contribution in [1.29, 1.82) is 0 Å². The molecule has 0 saturated heterocycles. The fraction of sp³-hybridized carbons (Fsp3) is 0.429. The van der Waals surface area contributed by atoms with E-state index in [-0.39, 0.29) is 19.1 Å². The Balaban J connectivity index is 2.12. The van der Waals surface area contributed by atoms with Crippen molar-refractivity contribution in [2.24, 2.45) is 0 Å². The Hall–Kier alpha value is -1.66. The normalized spacial score (nSPS) is 11.7. The molecule has 6 heteroatoms. The lowest BCUT2D eigenvalue weighted by Crippen LogP contribution is -2.32. The van der Waals surface area contributed by atoms with Crippen LogP contribution >= 0.6 is 11.3 Å². The third kappa shape index (κ3) is 6.49. The number of carbonyl (C=O) groups is 2. The molecule has 20 heavy (non-hydrogen) atoms. The van der Waals surface area contributed by atoms with E-state index in [1.165, 1.54) is 4.88 Å². The van der Waals surface area contributed by atoms with E-state index in [1.54, 1.807) is 24.3 Å². The number of rotatable bonds is 9. The summed E-state index contributed by atoms with van der Waals surface area (Å²) in [7, 11) is 0. The quantitative estimate of drug-likeness (QED) is 0.555. The molecule has 0 saturated carbocycles. The second-order valence-corrected chi connectivity index (χ2v) is 5.08. The van der Waals surface area contributed by atoms with Crippen LogP contribution in [0.25, 0.3) is 0 Å². The number of amides is 1. The van der Waals surface area contributed by atoms with E-state index >= 15 is 0 Å². The van der Waals surface area contributed by atoms with Crippen LogP contribution in [0.15, 0.2) is 30.2 Å². The Morgan fingerprint density at radius 2 is 2.35 bits per heavy atom. The average Bonchev–Trinajstić information content (AvgIpc) is 2.95. The molecule has 0 aliphatic heterocycles. The first-order chi connectivity index (χ1) is 9.63. The van der Waals surface area contributed by atoms with Gasteiger partial charge in [0, 0.05) is 11.4 Å². The smallest absolute Gasteiger partial charge is 0.335 e. The maximum Gasteiger partial charge on any atom is 0.335 e. The maximum atomic E-state index is 11.5. The maximum absolute atomic E-state index is 11.5. The molecule has 1 unspecified atom stereocenters. The molecule has 0 aliphatic carbocycles. The van der Waals surface area contributed by atoms with E-state index in [0.717, 1.165) is 6.42 Å². The second kappa shape index (κ2) is 9.28. The monoisotopic (exact) mass is 297 g/mol. The van der Waals surface area contributed by atoms with E-state index in [4.69, 9.17) is 9.47 Å². The van der Waals surface area contributed by atoms with Crippen molar-refractivity contribution < 1.29 is 19.1 Å². The average molecular weight is 297 g/mol. The van der Waals surface area contributed by atoms with Gasteiger partial charge in [0.1, 0.15) is 0 Å². The highest BCUT2D eigenvalue weighted by Gasteiger charge is 2.15. The summed E-state index contributed by atoms with van der Waals surface area (Å²) in [5.41, 5.74) is 0. The van der Waals surface area contributed by atoms with Gasteiger partial charge in [0.15, 0.2) is 12.7 Å². The van der Waals surface area contributed by atoms with Gasteiger partial charge in [-0.2, -0.15) is 0 Å². The number of hydrogen-bond donors (Lipinski definition) is 1. The number of esters is 1. The Kier molecular flexibility index (Phi) is 7.60. The van der Waals surface area contributed by atoms with Crippen LogP contribution in [0.5, 0.6) is 0 Å². The lowest BCUT2D eigenvalue weighted by atomic mass is 10.3. The topological polar surface area (TPSA) is 64.6 Å². The van der Waals surface area contributed by atoms with Crippen LogP contribution in [0, 0.1) is 0 Å². The van der Waals surface area contributed by atoms with Crippen molar-refractivity contribution in [3.63, 3.8) is 0 Å². The van der Waals surface area contributed by atoms with Gasteiger partial charge in [-0.15, -0.1) is 17.9 Å². The summed E-state index contributed by atoms with van der Waals surface area (Å²) < 4.78 is 9.94. The van der Waals surface area contributed by atoms with Gasteiger partial charge in [0.25, 0.3) is 5.91 Å². The highest BCUT2D eigenvalue weighted by molar-refractivity contribution is 7.09. The van der Waals surface area contributed by atoms with Gasteiger partial charge in [-0.05, 0) is 24.8 Å². The zero-order chi connectivity index (χ0) is 14.8. The molecule has 1 atom stereocenters. The van der Waals surface area contributed by atoms with Gasteiger partial charge in [0.05, 0.1) is 6.61 Å². The highest BCUT2D eigenvalue weighted by Crippen LogP contribution is 2.07. The molecular formula is C14H19NO4S. The molecule has 0 bridgehead atoms. The van der Waals surface area contributed by atoms with Gasteiger partial charge in [0.2, 0.25) is 0 Å². The predicted molar refractivity (Wildman–Crippen MR) is 77.6 cm³/mol. The number of ether oxygens (including phenoxy) is 2. The van der Waals surface area contributed by atoms with E-state index in [9.17, 15) is 9.59 Å². The molecule has 1 amide bonds. The highest BCUT2D eigenvalue weighted by atomic mass is 32.1. The minimum atomic E-state index is -0.702. The largest absolute Gasteiger partial charge is 0.454 e. The van der Waals surface area contributed by atoms with Crippen LogP contribution in [0.4, 0.5) is 0 Å². The van der Waals surface area contributed by atoms with E-state index in [0.29, 0.717) is 6.54 Å². The summed E-state index contributed by atoms with van der Waals surface area (Å²) in [6.07, 6.45) is 1.61. The van der Waals surface area contributed by atoms with Crippen molar-refractivity contribution in [3.8, 4) is 0 Å². The van der Waals surface area contributed by atoms with Gasteiger partial charge >= 0.3 is 5.97 Å². The molecule has 1 N–H and O–H groups in total. The van der Waals surface area contributed by atoms with Gasteiger partial charge in [-0.1, -0.05) is 12.1 Å². The molecule has 1 rings (SSSR count). The molecule has 1 aromatic rings. The molecule has 0 spiro atoms. The third-order valence-electron chi connectivity index (χ3n) is 2.42. The first-order valence-electron chi connectivity index (χ1n) is 6.31. The van der Waals surface area contributed by atoms with Crippen LogP contribution in [0.2, 0.25) is 0 Å². The molecule has 0 radical (unpaired) electrons. The van der Waals surface area contributed by atoms with E-state index in [1.807, 2.05) is 17.5 Å². The first kappa shape index (κ1) is 16.4. The van der Waals surface area contributed by atoms with Crippen molar-refractivity contribution in [2.45, 2.75) is 19.4 Å². The summed E-state index contributed by atoms with van der Waals surface area (Å²) in [6, 6.07) is 3.98. The summed E-state index contributed by atoms with van der Waals surface area (Å²) in [4.78, 5) is 24.1.